The molecular weight excluding hydrogens is 378 g/mol. The van der Waals surface area contributed by atoms with Gasteiger partial charge in [-0.15, -0.1) is 0 Å². The molecule has 0 aliphatic rings. The standard InChI is InChI=1S/C17H14F6N2O2/c18-16(19,20)11-7-5-10(6-8-11)14(26)9-24-15(27)25-13-4-2-1-3-12(13)17(21,22)23/h1-8,14,26H,9H2,(H2,24,25,27). The topological polar surface area (TPSA) is 61.4 Å². The van der Waals surface area contributed by atoms with Gasteiger partial charge in [0.15, 0.2) is 0 Å². The average molecular weight is 392 g/mol. The van der Waals surface area contributed by atoms with Crippen molar-refractivity contribution in [2.24, 2.45) is 0 Å². The number of carbonyl (C=O) groups excluding carboxylic acids is 1. The Hall–Kier alpha value is -2.75. The summed E-state index contributed by atoms with van der Waals surface area (Å²) in [6.07, 6.45) is -10.5. The Morgan fingerprint density at radius 2 is 1.52 bits per heavy atom. The van der Waals surface area contributed by atoms with Crippen molar-refractivity contribution in [3.05, 3.63) is 65.2 Å². The molecule has 0 spiro atoms. The van der Waals surface area contributed by atoms with Crippen LogP contribution in [0.25, 0.3) is 0 Å². The quantitative estimate of drug-likeness (QED) is 0.667. The lowest BCUT2D eigenvalue weighted by Gasteiger charge is -2.16. The van der Waals surface area contributed by atoms with E-state index < -0.39 is 47.8 Å². The number of urea groups is 1. The Morgan fingerprint density at radius 3 is 2.07 bits per heavy atom. The molecule has 2 aromatic carbocycles. The molecule has 146 valence electrons. The van der Waals surface area contributed by atoms with E-state index in [0.29, 0.717) is 0 Å². The number of anilines is 1. The molecule has 0 saturated heterocycles. The molecule has 0 radical (unpaired) electrons. The number of hydrogen-bond acceptors (Lipinski definition) is 2. The van der Waals surface area contributed by atoms with Crippen LogP contribution in [0.3, 0.4) is 0 Å². The van der Waals surface area contributed by atoms with E-state index in [1.165, 1.54) is 12.1 Å². The second-order valence-electron chi connectivity index (χ2n) is 5.51. The van der Waals surface area contributed by atoms with Gasteiger partial charge in [0.25, 0.3) is 0 Å². The van der Waals surface area contributed by atoms with E-state index in [4.69, 9.17) is 0 Å². The van der Waals surface area contributed by atoms with E-state index in [1.807, 2.05) is 5.32 Å². The molecule has 27 heavy (non-hydrogen) atoms. The van der Waals surface area contributed by atoms with Crippen LogP contribution in [0.4, 0.5) is 36.8 Å². The van der Waals surface area contributed by atoms with Crippen LogP contribution in [-0.4, -0.2) is 17.7 Å². The maximum Gasteiger partial charge on any atom is 0.418 e. The number of aliphatic hydroxyl groups excluding tert-OH is 1. The summed E-state index contributed by atoms with van der Waals surface area (Å²) in [6.45, 7) is -0.411. The van der Waals surface area contributed by atoms with Crippen LogP contribution < -0.4 is 10.6 Å². The highest BCUT2D eigenvalue weighted by atomic mass is 19.4. The third-order valence-corrected chi connectivity index (χ3v) is 3.56. The largest absolute Gasteiger partial charge is 0.418 e. The van der Waals surface area contributed by atoms with Crippen LogP contribution in [0.15, 0.2) is 48.5 Å². The van der Waals surface area contributed by atoms with E-state index in [-0.39, 0.29) is 5.56 Å². The molecule has 10 heteroatoms. The van der Waals surface area contributed by atoms with Crippen molar-refractivity contribution >= 4 is 11.7 Å². The monoisotopic (exact) mass is 392 g/mol. The smallest absolute Gasteiger partial charge is 0.387 e. The minimum Gasteiger partial charge on any atom is -0.387 e. The summed E-state index contributed by atoms with van der Waals surface area (Å²) in [5, 5.41) is 14.1. The minimum atomic E-state index is -4.66. The molecule has 2 rings (SSSR count). The van der Waals surface area contributed by atoms with Gasteiger partial charge in [0.1, 0.15) is 0 Å². The Balaban J connectivity index is 1.96. The van der Waals surface area contributed by atoms with E-state index in [1.54, 1.807) is 0 Å². The van der Waals surface area contributed by atoms with E-state index >= 15 is 0 Å². The molecule has 2 aromatic rings. The Morgan fingerprint density at radius 1 is 0.926 bits per heavy atom. The van der Waals surface area contributed by atoms with Crippen LogP contribution >= 0.6 is 0 Å². The van der Waals surface area contributed by atoms with Crippen molar-refractivity contribution in [3.8, 4) is 0 Å². The predicted octanol–water partition coefficient (Wildman–Crippen LogP) is 4.58. The highest BCUT2D eigenvalue weighted by Crippen LogP contribution is 2.34. The highest BCUT2D eigenvalue weighted by molar-refractivity contribution is 5.90. The van der Waals surface area contributed by atoms with Crippen LogP contribution in [0.5, 0.6) is 0 Å². The van der Waals surface area contributed by atoms with Crippen LogP contribution in [0.1, 0.15) is 22.8 Å². The number of nitrogens with one attached hydrogen (secondary N) is 2. The lowest BCUT2D eigenvalue weighted by atomic mass is 10.1. The number of hydrogen-bond donors (Lipinski definition) is 3. The van der Waals surface area contributed by atoms with Crippen molar-refractivity contribution in [1.82, 2.24) is 5.32 Å². The molecular formula is C17H14F6N2O2. The van der Waals surface area contributed by atoms with Gasteiger partial charge in [0.2, 0.25) is 0 Å². The maximum atomic E-state index is 12.9. The number of para-hydroxylation sites is 1. The summed E-state index contributed by atoms with van der Waals surface area (Å²) in [7, 11) is 0. The number of benzene rings is 2. The first-order chi connectivity index (χ1) is 12.5. The van der Waals surface area contributed by atoms with Crippen molar-refractivity contribution in [1.29, 1.82) is 0 Å². The average Bonchev–Trinajstić information content (AvgIpc) is 2.58. The fourth-order valence-electron chi connectivity index (χ4n) is 2.21. The Kier molecular flexibility index (Phi) is 5.99. The SMILES string of the molecule is O=C(NCC(O)c1ccc(C(F)(F)F)cc1)Nc1ccccc1C(F)(F)F. The van der Waals surface area contributed by atoms with Gasteiger partial charge in [0.05, 0.1) is 22.9 Å². The van der Waals surface area contributed by atoms with Crippen LogP contribution in [-0.2, 0) is 12.4 Å². The zero-order valence-electron chi connectivity index (χ0n) is 13.5. The van der Waals surface area contributed by atoms with Crippen LogP contribution in [0.2, 0.25) is 0 Å². The van der Waals surface area contributed by atoms with E-state index in [9.17, 15) is 36.2 Å². The molecule has 4 nitrogen and oxygen atoms in total. The summed E-state index contributed by atoms with van der Waals surface area (Å²) in [4.78, 5) is 11.8. The highest BCUT2D eigenvalue weighted by Gasteiger charge is 2.33. The number of amides is 2. The first kappa shape index (κ1) is 20.6. The zero-order valence-corrected chi connectivity index (χ0v) is 13.5. The fraction of sp³-hybridized carbons (Fsp3) is 0.235. The molecule has 0 aliphatic heterocycles. The maximum absolute atomic E-state index is 12.9. The van der Waals surface area contributed by atoms with Gasteiger partial charge in [0, 0.05) is 6.54 Å². The Bertz CT molecular complexity index is 787. The molecule has 0 saturated carbocycles. The van der Waals surface area contributed by atoms with Gasteiger partial charge in [-0.2, -0.15) is 26.3 Å². The Labute approximate surface area is 149 Å². The zero-order chi connectivity index (χ0) is 20.2. The number of aliphatic hydroxyl groups is 1. The van der Waals surface area contributed by atoms with Crippen molar-refractivity contribution in [2.45, 2.75) is 18.5 Å². The first-order valence-electron chi connectivity index (χ1n) is 7.55. The molecule has 0 heterocycles. The summed E-state index contributed by atoms with van der Waals surface area (Å²) >= 11 is 0. The number of halogens is 6. The summed E-state index contributed by atoms with van der Waals surface area (Å²) in [5.41, 5.74) is -2.29. The van der Waals surface area contributed by atoms with Crippen molar-refractivity contribution in [3.63, 3.8) is 0 Å². The second-order valence-corrected chi connectivity index (χ2v) is 5.51. The van der Waals surface area contributed by atoms with Gasteiger partial charge in [-0.3, -0.25) is 0 Å². The normalized spacial score (nSPS) is 13.1. The van der Waals surface area contributed by atoms with Crippen molar-refractivity contribution in [2.75, 3.05) is 11.9 Å². The van der Waals surface area contributed by atoms with E-state index in [2.05, 4.69) is 5.32 Å². The number of carbonyl (C=O) groups is 1. The fourth-order valence-corrected chi connectivity index (χ4v) is 2.21. The van der Waals surface area contributed by atoms with Gasteiger partial charge in [-0.05, 0) is 29.8 Å². The third kappa shape index (κ3) is 5.61. The molecule has 2 amide bonds. The lowest BCUT2D eigenvalue weighted by Crippen LogP contribution is -2.33. The van der Waals surface area contributed by atoms with Gasteiger partial charge in [-0.1, -0.05) is 24.3 Å². The van der Waals surface area contributed by atoms with E-state index in [0.717, 1.165) is 36.4 Å². The van der Waals surface area contributed by atoms with Gasteiger partial charge < -0.3 is 15.7 Å². The molecule has 1 unspecified atom stereocenters. The molecule has 0 bridgehead atoms. The van der Waals surface area contributed by atoms with Crippen LogP contribution in [0, 0.1) is 0 Å². The first-order valence-corrected chi connectivity index (χ1v) is 7.55. The summed E-state index contributed by atoms with van der Waals surface area (Å²) in [5.74, 6) is 0. The molecule has 0 aromatic heterocycles. The minimum absolute atomic E-state index is 0.110. The molecule has 3 N–H and O–H groups in total. The second kappa shape index (κ2) is 7.87. The third-order valence-electron chi connectivity index (χ3n) is 3.56. The van der Waals surface area contributed by atoms with Crippen molar-refractivity contribution < 1.29 is 36.2 Å². The number of rotatable bonds is 4. The molecule has 0 aliphatic carbocycles. The molecule has 1 atom stereocenters. The van der Waals surface area contributed by atoms with Gasteiger partial charge in [-0.25, -0.2) is 4.79 Å². The molecule has 0 fully saturated rings. The van der Waals surface area contributed by atoms with Gasteiger partial charge >= 0.3 is 18.4 Å². The predicted molar refractivity (Wildman–Crippen MR) is 84.9 cm³/mol. The summed E-state index contributed by atoms with van der Waals surface area (Å²) < 4.78 is 76.0. The summed E-state index contributed by atoms with van der Waals surface area (Å²) in [6, 6.07) is 6.98. The lowest BCUT2D eigenvalue weighted by molar-refractivity contribution is -0.138. The number of alkyl halides is 6.